The highest BCUT2D eigenvalue weighted by Gasteiger charge is 2.38. The summed E-state index contributed by atoms with van der Waals surface area (Å²) in [4.78, 5) is 156. The van der Waals surface area contributed by atoms with E-state index in [4.69, 9.17) is 5.11 Å². The number of aliphatic hydroxyl groups excluding tert-OH is 1. The maximum atomic E-state index is 14.8. The summed E-state index contributed by atoms with van der Waals surface area (Å²) in [6.45, 7) is 17.7. The lowest BCUT2D eigenvalue weighted by molar-refractivity contribution is -0.119. The lowest BCUT2D eigenvalue weighted by Crippen LogP contribution is -2.38. The van der Waals surface area contributed by atoms with Gasteiger partial charge in [0, 0.05) is 170 Å². The molecule has 28 nitrogen and oxygen atoms in total. The van der Waals surface area contributed by atoms with Crippen molar-refractivity contribution in [1.82, 2.24) is 59.1 Å². The number of carbonyl (C=O) groups is 10. The summed E-state index contributed by atoms with van der Waals surface area (Å²) in [6.07, 6.45) is 16.3. The number of carbonyl (C=O) groups excluding carboxylic acids is 10. The Morgan fingerprint density at radius 3 is 1.30 bits per heavy atom. The average molecular weight is 1820 g/mol. The number of rotatable bonds is 21. The van der Waals surface area contributed by atoms with Gasteiger partial charge in [0.2, 0.25) is 5.91 Å². The number of aldehydes is 1. The van der Waals surface area contributed by atoms with Crippen LogP contribution in [-0.2, 0) is 60.9 Å². The number of aromatic amines is 4. The molecule has 18 rings (SSSR count). The molecule has 13 heterocycles. The van der Waals surface area contributed by atoms with E-state index in [0.29, 0.717) is 158 Å². The number of H-pyrrole nitrogens is 4. The van der Waals surface area contributed by atoms with Crippen LogP contribution in [0.4, 0.5) is 50.4 Å². The molecule has 0 aliphatic carbocycles. The van der Waals surface area contributed by atoms with Crippen molar-refractivity contribution in [1.29, 1.82) is 0 Å². The Kier molecular flexibility index (Phi) is 28.5. The first-order chi connectivity index (χ1) is 63.7. The molecule has 9 aromatic rings. The second kappa shape index (κ2) is 40.3. The lowest BCUT2D eigenvalue weighted by atomic mass is 9.93. The molecule has 0 radical (unpaired) electrons. The van der Waals surface area contributed by atoms with Crippen LogP contribution >= 0.6 is 0 Å². The molecular formula is C100H110F5N17O11. The van der Waals surface area contributed by atoms with E-state index in [1.807, 2.05) is 99.4 Å². The van der Waals surface area contributed by atoms with Gasteiger partial charge in [0.1, 0.15) is 30.3 Å². The van der Waals surface area contributed by atoms with Gasteiger partial charge in [-0.2, -0.15) is 0 Å². The van der Waals surface area contributed by atoms with Crippen molar-refractivity contribution in [3.8, 4) is 11.1 Å². The minimum atomic E-state index is -0.956. The molecule has 0 spiro atoms. The zero-order chi connectivity index (χ0) is 94.7. The molecule has 1 fully saturated rings. The van der Waals surface area contributed by atoms with Gasteiger partial charge >= 0.3 is 0 Å². The first kappa shape index (κ1) is 94.2. The summed E-state index contributed by atoms with van der Waals surface area (Å²) in [5.74, 6) is -5.64. The van der Waals surface area contributed by atoms with Crippen molar-refractivity contribution in [2.45, 2.75) is 98.3 Å². The fourth-order valence-corrected chi connectivity index (χ4v) is 18.7. The SMILES string of the molecule is Cc1c(/C=C2\C(=O)Nc3c(CC=O)cc(F)cc32)[nH]c2c1C(=O)N(CCN(C)C)CCC2.Cc1c(/C=C2\C(=O)Nc3cc(NC(=O)CO)c(F)cc32)[nH]c2c1C(=O)N(CCN(C)C)CCC2.Cc1c(/C=C2\C(=O)Nc3ccc(F)cc32)[nH]c2c1C(=O)N(CCN(C)C)CCC2.Cc1c(/C=C2\C(=O)Nc3cccc(-c4cccc(F)c4F)c32)[nH]c2c1C(=O)N(CCN1CCCC1)CCC2. The highest BCUT2D eigenvalue weighted by atomic mass is 19.2. The van der Waals surface area contributed by atoms with Gasteiger partial charge in [0.05, 0.1) is 61.6 Å². The largest absolute Gasteiger partial charge is 0.387 e. The zero-order valence-electron chi connectivity index (χ0n) is 76.3. The number of aliphatic hydroxyl groups is 1. The number of likely N-dealkylation sites (tertiary alicyclic amines) is 1. The number of hydrogen-bond acceptors (Lipinski definition) is 15. The van der Waals surface area contributed by atoms with Crippen molar-refractivity contribution in [2.24, 2.45) is 0 Å². The Balaban J connectivity index is 0.000000136. The van der Waals surface area contributed by atoms with E-state index in [1.54, 1.807) is 48.6 Å². The molecule has 0 atom stereocenters. The lowest BCUT2D eigenvalue weighted by Gasteiger charge is -2.24. The molecule has 5 aromatic carbocycles. The second-order valence-corrected chi connectivity index (χ2v) is 35.6. The molecule has 9 aliphatic heterocycles. The number of nitrogens with zero attached hydrogens (tertiary/aromatic N) is 8. The van der Waals surface area contributed by atoms with Crippen LogP contribution in [0.1, 0.15) is 176 Å². The van der Waals surface area contributed by atoms with Gasteiger partial charge in [-0.15, -0.1) is 0 Å². The molecule has 696 valence electrons. The summed E-state index contributed by atoms with van der Waals surface area (Å²) < 4.78 is 71.3. The normalized spacial score (nSPS) is 17.4. The highest BCUT2D eigenvalue weighted by molar-refractivity contribution is 6.38. The zero-order valence-corrected chi connectivity index (χ0v) is 76.3. The molecule has 0 bridgehead atoms. The number of amides is 9. The Morgan fingerprint density at radius 1 is 0.414 bits per heavy atom. The van der Waals surface area contributed by atoms with Crippen molar-refractivity contribution in [2.75, 3.05) is 167 Å². The van der Waals surface area contributed by atoms with Gasteiger partial charge in [-0.1, -0.05) is 24.3 Å². The van der Waals surface area contributed by atoms with Crippen LogP contribution in [0.15, 0.2) is 78.9 Å². The molecular weight excluding hydrogens is 1710 g/mol. The Hall–Kier alpha value is -13.5. The van der Waals surface area contributed by atoms with E-state index in [1.165, 1.54) is 61.4 Å². The minimum absolute atomic E-state index is 0.00617. The van der Waals surface area contributed by atoms with Gasteiger partial charge in [0.25, 0.3) is 47.3 Å². The van der Waals surface area contributed by atoms with Crippen LogP contribution in [-0.4, -0.2) is 264 Å². The molecule has 0 saturated carbocycles. The number of benzene rings is 5. The van der Waals surface area contributed by atoms with Crippen molar-refractivity contribution >= 4 is 134 Å². The molecule has 33 heteroatoms. The van der Waals surface area contributed by atoms with Gasteiger partial charge < -0.3 is 95.6 Å². The predicted octanol–water partition coefficient (Wildman–Crippen LogP) is 12.6. The third kappa shape index (κ3) is 20.0. The molecule has 4 aromatic heterocycles. The Labute approximate surface area is 767 Å². The summed E-state index contributed by atoms with van der Waals surface area (Å²) in [5, 5.41) is 22.2. The highest BCUT2D eigenvalue weighted by Crippen LogP contribution is 2.45. The molecule has 0 unspecified atom stereocenters. The number of aryl methyl sites for hydroxylation is 4. The number of hydrogen-bond donors (Lipinski definition) is 10. The van der Waals surface area contributed by atoms with Crippen molar-refractivity contribution in [3.63, 3.8) is 0 Å². The molecule has 9 amide bonds. The first-order valence-corrected chi connectivity index (χ1v) is 45.0. The van der Waals surface area contributed by atoms with Crippen LogP contribution in [0, 0.1) is 56.8 Å². The Morgan fingerprint density at radius 2 is 0.827 bits per heavy atom. The third-order valence-electron chi connectivity index (χ3n) is 25.8. The van der Waals surface area contributed by atoms with E-state index in [2.05, 4.69) is 56.3 Å². The number of nitrogens with one attached hydrogen (secondary N) is 9. The third-order valence-corrected chi connectivity index (χ3v) is 25.8. The first-order valence-electron chi connectivity index (χ1n) is 45.0. The number of halogens is 5. The van der Waals surface area contributed by atoms with Crippen LogP contribution in [0.25, 0.3) is 57.7 Å². The van der Waals surface area contributed by atoms with E-state index in [-0.39, 0.29) is 64.6 Å². The van der Waals surface area contributed by atoms with E-state index in [0.717, 1.165) is 161 Å². The van der Waals surface area contributed by atoms with E-state index < -0.39 is 47.5 Å². The summed E-state index contributed by atoms with van der Waals surface area (Å²) in [6, 6.07) is 18.5. The average Bonchev–Trinajstić information content (AvgIpc) is 1.61. The van der Waals surface area contributed by atoms with Crippen LogP contribution < -0.4 is 26.6 Å². The van der Waals surface area contributed by atoms with Gasteiger partial charge in [-0.25, -0.2) is 22.0 Å². The number of likely N-dealkylation sites (N-methyl/N-ethyl adjacent to an activating group) is 3. The monoisotopic (exact) mass is 1820 g/mol. The van der Waals surface area contributed by atoms with Gasteiger partial charge in [-0.3, -0.25) is 43.2 Å². The number of fused-ring (bicyclic) bond motifs is 8. The molecule has 9 aliphatic rings. The molecule has 10 N–H and O–H groups in total. The van der Waals surface area contributed by atoms with Crippen LogP contribution in [0.3, 0.4) is 0 Å². The summed E-state index contributed by atoms with van der Waals surface area (Å²) in [7, 11) is 11.9. The number of anilines is 5. The maximum Gasteiger partial charge on any atom is 0.256 e. The predicted molar refractivity (Wildman–Crippen MR) is 503 cm³/mol. The summed E-state index contributed by atoms with van der Waals surface area (Å²) in [5.41, 5.74) is 17.9. The standard InChI is InChI=1S/C30H30F2N4O2.C24H28FN5O4.C24H27FN4O3.C22H25FN4O2/c1-18-25(33-23-11-6-14-36(30(38)26(18)23)16-15-35-12-2-3-13-35)17-21-27-19(7-5-10-24(27)34-29(21)37)20-8-4-9-22(31)28(20)32;1-13-18(26-17-5-4-6-30(8-7-29(2)3)24(34)22(13)17)10-15-14-9-16(25)20(27-21(32)12-31)11-19(14)28-23(15)33;1-14-20(26-19-5-4-7-29(9-8-28(2)3)24(32)21(14)19)13-18-17-12-16(25)11-15(6-10-30)22(17)27-23(18)31;1-13-19(12-16-15-11-14(23)6-7-17(15)25-21(16)28)24-18-5-4-8-27(10-9-26(2)3)22(29)20(13)18/h4-5,7-10,17,33H,2-3,6,11-16H2,1H3,(H,34,37);9-11,26,31H,4-8,12H2,1-3H3,(H,27,32)(H,28,33);10-13,26H,4-9H2,1-3H3,(H,27,31);6-7,11-12,24H,4-5,8-10H2,1-3H3,(H,25,28)/b21-17-;15-10-;18-13-;16-12-. The van der Waals surface area contributed by atoms with Crippen LogP contribution in [0.2, 0.25) is 0 Å². The minimum Gasteiger partial charge on any atom is -0.387 e. The smallest absolute Gasteiger partial charge is 0.256 e. The van der Waals surface area contributed by atoms with Gasteiger partial charge in [0.15, 0.2) is 11.6 Å². The fourth-order valence-electron chi connectivity index (χ4n) is 18.7. The van der Waals surface area contributed by atoms with Crippen molar-refractivity contribution in [3.05, 3.63) is 226 Å². The quantitative estimate of drug-likeness (QED) is 0.0182. The topological polar surface area (TPSA) is 340 Å². The second-order valence-electron chi connectivity index (χ2n) is 35.6. The fraction of sp³-hybridized carbons (Fsp3) is 0.360. The molecule has 1 saturated heterocycles. The van der Waals surface area contributed by atoms with E-state index >= 15 is 0 Å². The van der Waals surface area contributed by atoms with Gasteiger partial charge in [-0.05, 0) is 260 Å². The molecule has 133 heavy (non-hydrogen) atoms. The Bertz CT molecular complexity index is 6320. The maximum absolute atomic E-state index is 14.8. The number of aromatic nitrogens is 4. The van der Waals surface area contributed by atoms with Crippen molar-refractivity contribution < 1.29 is 75.0 Å². The summed E-state index contributed by atoms with van der Waals surface area (Å²) >= 11 is 0. The van der Waals surface area contributed by atoms with E-state index in [9.17, 15) is 69.9 Å². The van der Waals surface area contributed by atoms with Crippen LogP contribution in [0.5, 0.6) is 0 Å².